The van der Waals surface area contributed by atoms with Gasteiger partial charge in [-0.2, -0.15) is 5.26 Å². The molecule has 0 unspecified atom stereocenters. The van der Waals surface area contributed by atoms with E-state index >= 15 is 0 Å². The summed E-state index contributed by atoms with van der Waals surface area (Å²) in [4.78, 5) is 15.9. The molecule has 0 atom stereocenters. The summed E-state index contributed by atoms with van der Waals surface area (Å²) in [7, 11) is 0. The van der Waals surface area contributed by atoms with E-state index in [0.717, 1.165) is 57.0 Å². The van der Waals surface area contributed by atoms with Crippen LogP contribution in [0.25, 0.3) is 22.5 Å². The van der Waals surface area contributed by atoms with Crippen LogP contribution in [0.15, 0.2) is 66.9 Å². The largest absolute Gasteiger partial charge is 0.367 e. The van der Waals surface area contributed by atoms with Crippen LogP contribution in [0.5, 0.6) is 0 Å². The molecule has 2 aliphatic rings. The summed E-state index contributed by atoms with van der Waals surface area (Å²) < 4.78 is 2.47. The minimum Gasteiger partial charge on any atom is -0.367 e. The van der Waals surface area contributed by atoms with Crippen LogP contribution in [0.2, 0.25) is 0 Å². The second-order valence-electron chi connectivity index (χ2n) is 10.3. The van der Waals surface area contributed by atoms with Crippen LogP contribution in [0.3, 0.4) is 0 Å². The fraction of sp³-hybridized carbons (Fsp3) is 0.355. The summed E-state index contributed by atoms with van der Waals surface area (Å²) in [5, 5.41) is 12.5. The SMILES string of the molecule is N#Cc1nccc(NC2CCN(Cc3ccc(-c4c(-c5ccccc5)nc5n4CCCCC5)cc3)CC2)n1. The Balaban J connectivity index is 1.14. The van der Waals surface area contributed by atoms with Crippen LogP contribution in [-0.2, 0) is 19.5 Å². The highest BCUT2D eigenvalue weighted by molar-refractivity contribution is 5.79. The van der Waals surface area contributed by atoms with Gasteiger partial charge in [0.2, 0.25) is 5.82 Å². The fourth-order valence-corrected chi connectivity index (χ4v) is 5.71. The zero-order chi connectivity index (χ0) is 25.7. The molecule has 38 heavy (non-hydrogen) atoms. The highest BCUT2D eigenvalue weighted by Crippen LogP contribution is 2.35. The number of nitrogens with zero attached hydrogens (tertiary/aromatic N) is 6. The monoisotopic (exact) mass is 503 g/mol. The molecule has 0 bridgehead atoms. The van der Waals surface area contributed by atoms with Gasteiger partial charge in [-0.3, -0.25) is 4.90 Å². The van der Waals surface area contributed by atoms with Crippen molar-refractivity contribution in [2.24, 2.45) is 0 Å². The van der Waals surface area contributed by atoms with E-state index in [1.807, 2.05) is 12.1 Å². The van der Waals surface area contributed by atoms with Crippen LogP contribution in [0.1, 0.15) is 49.3 Å². The summed E-state index contributed by atoms with van der Waals surface area (Å²) in [6.07, 6.45) is 8.49. The van der Waals surface area contributed by atoms with Crippen LogP contribution >= 0.6 is 0 Å². The second-order valence-corrected chi connectivity index (χ2v) is 10.3. The summed E-state index contributed by atoms with van der Waals surface area (Å²) in [6.45, 7) is 4.06. The molecule has 4 heterocycles. The molecule has 1 fully saturated rings. The molecule has 0 radical (unpaired) electrons. The van der Waals surface area contributed by atoms with Gasteiger partial charge in [0.1, 0.15) is 17.7 Å². The number of piperidine rings is 1. The fourth-order valence-electron chi connectivity index (χ4n) is 5.71. The van der Waals surface area contributed by atoms with Crippen molar-refractivity contribution in [2.75, 3.05) is 18.4 Å². The zero-order valence-electron chi connectivity index (χ0n) is 21.7. The Hall–Kier alpha value is -4.02. The van der Waals surface area contributed by atoms with Crippen LogP contribution in [0, 0.1) is 11.3 Å². The first kappa shape index (κ1) is 24.3. The minimum atomic E-state index is 0.207. The van der Waals surface area contributed by atoms with Gasteiger partial charge in [0.15, 0.2) is 0 Å². The highest BCUT2D eigenvalue weighted by atomic mass is 15.2. The van der Waals surface area contributed by atoms with Gasteiger partial charge in [0.25, 0.3) is 0 Å². The third kappa shape index (κ3) is 5.32. The number of likely N-dealkylation sites (tertiary alicyclic amines) is 1. The first-order chi connectivity index (χ1) is 18.8. The summed E-state index contributed by atoms with van der Waals surface area (Å²) >= 11 is 0. The number of nitrogens with one attached hydrogen (secondary N) is 1. The van der Waals surface area contributed by atoms with E-state index in [9.17, 15) is 0 Å². The Morgan fingerprint density at radius 1 is 0.868 bits per heavy atom. The quantitative estimate of drug-likeness (QED) is 0.364. The lowest BCUT2D eigenvalue weighted by molar-refractivity contribution is 0.211. The van der Waals surface area contributed by atoms with Crippen LogP contribution in [0.4, 0.5) is 5.82 Å². The molecule has 4 aromatic rings. The minimum absolute atomic E-state index is 0.207. The smallest absolute Gasteiger partial charge is 0.234 e. The Kier molecular flexibility index (Phi) is 7.14. The standard InChI is InChI=1S/C31H33N7/c32-21-28-33-17-14-27(35-28)34-26-15-19-37(20-16-26)22-23-10-12-25(13-11-23)31-30(24-7-3-1-4-8-24)36-29-9-5-2-6-18-38(29)31/h1,3-4,7-8,10-14,17,26H,2,5-6,9,15-16,18-20,22H2,(H,33,34,35). The lowest BCUT2D eigenvalue weighted by Crippen LogP contribution is -2.38. The predicted octanol–water partition coefficient (Wildman–Crippen LogP) is 5.68. The summed E-state index contributed by atoms with van der Waals surface area (Å²) in [5.41, 5.74) is 6.14. The Morgan fingerprint density at radius 3 is 2.47 bits per heavy atom. The lowest BCUT2D eigenvalue weighted by Gasteiger charge is -2.32. The first-order valence-electron chi connectivity index (χ1n) is 13.7. The van der Waals surface area contributed by atoms with Gasteiger partial charge in [0.05, 0.1) is 11.4 Å². The molecule has 6 rings (SSSR count). The molecule has 7 nitrogen and oxygen atoms in total. The van der Waals surface area contributed by atoms with Gasteiger partial charge in [-0.1, -0.05) is 61.0 Å². The van der Waals surface area contributed by atoms with E-state index in [2.05, 4.69) is 79.3 Å². The Labute approximate surface area is 224 Å². The summed E-state index contributed by atoms with van der Waals surface area (Å²) in [5.74, 6) is 2.17. The molecule has 0 spiro atoms. The van der Waals surface area contributed by atoms with E-state index in [0.29, 0.717) is 6.04 Å². The van der Waals surface area contributed by atoms with E-state index in [4.69, 9.17) is 10.2 Å². The Bertz CT molecular complexity index is 1410. The van der Waals surface area contributed by atoms with Gasteiger partial charge in [-0.25, -0.2) is 15.0 Å². The second kappa shape index (κ2) is 11.2. The third-order valence-electron chi connectivity index (χ3n) is 7.70. The summed E-state index contributed by atoms with van der Waals surface area (Å²) in [6, 6.07) is 24.0. The van der Waals surface area contributed by atoms with Crippen molar-refractivity contribution in [1.82, 2.24) is 24.4 Å². The van der Waals surface area contributed by atoms with Gasteiger partial charge in [-0.15, -0.1) is 0 Å². The lowest BCUT2D eigenvalue weighted by atomic mass is 10.0. The molecule has 192 valence electrons. The van der Waals surface area contributed by atoms with Gasteiger partial charge < -0.3 is 9.88 Å². The van der Waals surface area contributed by atoms with Crippen molar-refractivity contribution in [2.45, 2.75) is 57.7 Å². The van der Waals surface area contributed by atoms with E-state index < -0.39 is 0 Å². The van der Waals surface area contributed by atoms with Crippen molar-refractivity contribution in [3.8, 4) is 28.6 Å². The number of aromatic nitrogens is 4. The third-order valence-corrected chi connectivity index (χ3v) is 7.70. The number of anilines is 1. The average Bonchev–Trinajstić information content (AvgIpc) is 3.17. The van der Waals surface area contributed by atoms with E-state index in [-0.39, 0.29) is 5.82 Å². The number of fused-ring (bicyclic) bond motifs is 1. The molecule has 0 aliphatic carbocycles. The molecule has 1 saturated heterocycles. The molecule has 1 N–H and O–H groups in total. The van der Waals surface area contributed by atoms with Crippen LogP contribution in [-0.4, -0.2) is 43.6 Å². The van der Waals surface area contributed by atoms with Crippen molar-refractivity contribution < 1.29 is 0 Å². The van der Waals surface area contributed by atoms with Crippen LogP contribution < -0.4 is 5.32 Å². The molecule has 0 saturated carbocycles. The maximum absolute atomic E-state index is 9.03. The molecule has 0 amide bonds. The number of aryl methyl sites for hydroxylation is 1. The molecule has 7 heteroatoms. The molecular weight excluding hydrogens is 470 g/mol. The molecule has 2 aromatic heterocycles. The number of nitriles is 1. The zero-order valence-corrected chi connectivity index (χ0v) is 21.7. The molecule has 2 aliphatic heterocycles. The maximum Gasteiger partial charge on any atom is 0.234 e. The number of benzene rings is 2. The maximum atomic E-state index is 9.03. The van der Waals surface area contributed by atoms with Gasteiger partial charge in [0, 0.05) is 56.0 Å². The number of rotatable bonds is 6. The molecule has 2 aromatic carbocycles. The molecular formula is C31H33N7. The first-order valence-corrected chi connectivity index (χ1v) is 13.7. The average molecular weight is 504 g/mol. The highest BCUT2D eigenvalue weighted by Gasteiger charge is 2.22. The van der Waals surface area contributed by atoms with E-state index in [1.165, 1.54) is 47.5 Å². The van der Waals surface area contributed by atoms with Gasteiger partial charge >= 0.3 is 0 Å². The topological polar surface area (TPSA) is 82.7 Å². The van der Waals surface area contributed by atoms with Crippen molar-refractivity contribution in [1.29, 1.82) is 5.26 Å². The number of imidazole rings is 1. The number of hydrogen-bond acceptors (Lipinski definition) is 6. The van der Waals surface area contributed by atoms with Gasteiger partial charge in [-0.05, 0) is 37.3 Å². The number of hydrogen-bond donors (Lipinski definition) is 1. The predicted molar refractivity (Wildman–Crippen MR) is 149 cm³/mol. The van der Waals surface area contributed by atoms with Crippen molar-refractivity contribution in [3.63, 3.8) is 0 Å². The Morgan fingerprint density at radius 2 is 1.68 bits per heavy atom. The van der Waals surface area contributed by atoms with E-state index in [1.54, 1.807) is 6.20 Å². The normalized spacial score (nSPS) is 16.4. The van der Waals surface area contributed by atoms with Crippen molar-refractivity contribution >= 4 is 5.82 Å². The van der Waals surface area contributed by atoms with Crippen molar-refractivity contribution in [3.05, 3.63) is 84.1 Å².